The molecule has 2 rings (SSSR count). The average Bonchev–Trinajstić information content (AvgIpc) is 2.43. The summed E-state index contributed by atoms with van der Waals surface area (Å²) in [5.41, 5.74) is 1.12. The predicted octanol–water partition coefficient (Wildman–Crippen LogP) is 1.85. The maximum Gasteiger partial charge on any atom is 0.243 e. The molecule has 1 aromatic carbocycles. The number of hydrogen-bond acceptors (Lipinski definition) is 4. The maximum atomic E-state index is 12.8. The third-order valence-corrected chi connectivity index (χ3v) is 5.88. The van der Waals surface area contributed by atoms with Gasteiger partial charge in [-0.1, -0.05) is 13.0 Å². The van der Waals surface area contributed by atoms with Crippen LogP contribution in [0.15, 0.2) is 23.1 Å². The maximum absolute atomic E-state index is 12.8. The summed E-state index contributed by atoms with van der Waals surface area (Å²) in [6.07, 6.45) is 2.08. The smallest absolute Gasteiger partial charge is 0.243 e. The zero-order valence-electron chi connectivity index (χ0n) is 13.8. The zero-order chi connectivity index (χ0) is 16.5. The van der Waals surface area contributed by atoms with Crippen molar-refractivity contribution in [3.05, 3.63) is 23.8 Å². The highest BCUT2D eigenvalue weighted by Gasteiger charge is 2.29. The van der Waals surface area contributed by atoms with Gasteiger partial charge in [-0.05, 0) is 44.4 Å². The Labute approximate surface area is 133 Å². The Morgan fingerprint density at radius 3 is 2.64 bits per heavy atom. The van der Waals surface area contributed by atoms with Gasteiger partial charge in [0.2, 0.25) is 10.0 Å². The number of anilines is 1. The van der Waals surface area contributed by atoms with Crippen LogP contribution in [0.1, 0.15) is 32.8 Å². The molecule has 0 saturated carbocycles. The normalized spacial score (nSPS) is 16.0. The van der Waals surface area contributed by atoms with Crippen LogP contribution in [-0.2, 0) is 16.4 Å². The molecule has 1 aromatic rings. The highest BCUT2D eigenvalue weighted by atomic mass is 32.2. The highest BCUT2D eigenvalue weighted by Crippen LogP contribution is 2.30. The first-order chi connectivity index (χ1) is 10.1. The molecule has 0 unspecified atom stereocenters. The van der Waals surface area contributed by atoms with E-state index < -0.39 is 15.6 Å². The van der Waals surface area contributed by atoms with Crippen LogP contribution in [0, 0.1) is 0 Å². The Hall–Kier alpha value is -1.11. The summed E-state index contributed by atoms with van der Waals surface area (Å²) < 4.78 is 27.0. The molecule has 0 spiro atoms. The molecule has 1 N–H and O–H groups in total. The summed E-state index contributed by atoms with van der Waals surface area (Å²) in [4.78, 5) is 2.40. The van der Waals surface area contributed by atoms with Crippen molar-refractivity contribution >= 4 is 15.7 Å². The number of sulfonamides is 1. The summed E-state index contributed by atoms with van der Waals surface area (Å²) in [6, 6.07) is 5.35. The van der Waals surface area contributed by atoms with Crippen molar-refractivity contribution < 1.29 is 13.5 Å². The second-order valence-corrected chi connectivity index (χ2v) is 8.50. The Balaban J connectivity index is 2.39. The Kier molecular flexibility index (Phi) is 4.84. The third-order valence-electron chi connectivity index (χ3n) is 3.96. The van der Waals surface area contributed by atoms with Crippen molar-refractivity contribution in [1.82, 2.24) is 4.31 Å². The molecule has 1 aliphatic rings. The third kappa shape index (κ3) is 3.62. The number of aryl methyl sites for hydroxylation is 1. The fourth-order valence-electron chi connectivity index (χ4n) is 2.85. The SMILES string of the molecule is CCN(CC(C)(C)O)S(=O)(=O)c1ccc2c(c1)N(C)CCC2. The second kappa shape index (κ2) is 6.18. The standard InChI is InChI=1S/C16H26N2O3S/c1-5-18(12-16(2,3)19)22(20,21)14-9-8-13-7-6-10-17(4)15(13)11-14/h8-9,11,19H,5-7,10,12H2,1-4H3. The van der Waals surface area contributed by atoms with E-state index in [2.05, 4.69) is 4.90 Å². The number of likely N-dealkylation sites (N-methyl/N-ethyl adjacent to an activating group) is 1. The van der Waals surface area contributed by atoms with Crippen LogP contribution in [0.4, 0.5) is 5.69 Å². The van der Waals surface area contributed by atoms with Crippen LogP contribution in [0.5, 0.6) is 0 Å². The van der Waals surface area contributed by atoms with E-state index in [4.69, 9.17) is 0 Å². The van der Waals surface area contributed by atoms with Gasteiger partial charge in [-0.25, -0.2) is 8.42 Å². The lowest BCUT2D eigenvalue weighted by Crippen LogP contribution is -2.42. The van der Waals surface area contributed by atoms with E-state index in [1.807, 2.05) is 13.1 Å². The molecule has 0 saturated heterocycles. The minimum atomic E-state index is -3.59. The molecule has 1 aliphatic heterocycles. The molecule has 124 valence electrons. The van der Waals surface area contributed by atoms with Crippen LogP contribution >= 0.6 is 0 Å². The van der Waals surface area contributed by atoms with Gasteiger partial charge in [0.05, 0.1) is 10.5 Å². The van der Waals surface area contributed by atoms with Gasteiger partial charge in [-0.15, -0.1) is 0 Å². The largest absolute Gasteiger partial charge is 0.389 e. The van der Waals surface area contributed by atoms with Gasteiger partial charge < -0.3 is 10.0 Å². The van der Waals surface area contributed by atoms with Crippen molar-refractivity contribution in [2.75, 3.05) is 31.6 Å². The van der Waals surface area contributed by atoms with E-state index in [1.165, 1.54) is 9.87 Å². The summed E-state index contributed by atoms with van der Waals surface area (Å²) >= 11 is 0. The number of nitrogens with zero attached hydrogens (tertiary/aromatic N) is 2. The molecular formula is C16H26N2O3S. The van der Waals surface area contributed by atoms with Gasteiger partial charge in [0.15, 0.2) is 0 Å². The Morgan fingerprint density at radius 1 is 1.36 bits per heavy atom. The van der Waals surface area contributed by atoms with E-state index in [9.17, 15) is 13.5 Å². The van der Waals surface area contributed by atoms with Crippen LogP contribution in [0.2, 0.25) is 0 Å². The molecule has 1 heterocycles. The molecular weight excluding hydrogens is 300 g/mol. The highest BCUT2D eigenvalue weighted by molar-refractivity contribution is 7.89. The zero-order valence-corrected chi connectivity index (χ0v) is 14.7. The lowest BCUT2D eigenvalue weighted by Gasteiger charge is -2.30. The second-order valence-electron chi connectivity index (χ2n) is 6.56. The lowest BCUT2D eigenvalue weighted by molar-refractivity contribution is 0.0601. The number of hydrogen-bond donors (Lipinski definition) is 1. The van der Waals surface area contributed by atoms with Crippen molar-refractivity contribution in [1.29, 1.82) is 0 Å². The first-order valence-electron chi connectivity index (χ1n) is 7.72. The van der Waals surface area contributed by atoms with Gasteiger partial charge in [0.1, 0.15) is 0 Å². The predicted molar refractivity (Wildman–Crippen MR) is 88.8 cm³/mol. The fourth-order valence-corrected chi connectivity index (χ4v) is 4.47. The van der Waals surface area contributed by atoms with Crippen molar-refractivity contribution in [2.45, 2.75) is 44.1 Å². The van der Waals surface area contributed by atoms with Crippen LogP contribution < -0.4 is 4.90 Å². The molecule has 0 amide bonds. The quantitative estimate of drug-likeness (QED) is 0.897. The van der Waals surface area contributed by atoms with E-state index in [0.717, 1.165) is 25.1 Å². The fraction of sp³-hybridized carbons (Fsp3) is 0.625. The number of benzene rings is 1. The first-order valence-corrected chi connectivity index (χ1v) is 9.16. The van der Waals surface area contributed by atoms with Crippen molar-refractivity contribution in [3.8, 4) is 0 Å². The summed E-state index contributed by atoms with van der Waals surface area (Å²) in [5.74, 6) is 0. The monoisotopic (exact) mass is 326 g/mol. The first kappa shape index (κ1) is 17.2. The molecule has 22 heavy (non-hydrogen) atoms. The topological polar surface area (TPSA) is 60.9 Å². The lowest BCUT2D eigenvalue weighted by atomic mass is 10.0. The molecule has 0 fully saturated rings. The molecule has 0 radical (unpaired) electrons. The molecule has 6 heteroatoms. The van der Waals surface area contributed by atoms with Gasteiger partial charge in [0.25, 0.3) is 0 Å². The Morgan fingerprint density at radius 2 is 2.05 bits per heavy atom. The Bertz CT molecular complexity index is 635. The summed E-state index contributed by atoms with van der Waals surface area (Å²) in [7, 11) is -1.61. The number of fused-ring (bicyclic) bond motifs is 1. The minimum absolute atomic E-state index is 0.0821. The van der Waals surface area contributed by atoms with Crippen molar-refractivity contribution in [2.24, 2.45) is 0 Å². The van der Waals surface area contributed by atoms with E-state index in [-0.39, 0.29) is 6.54 Å². The average molecular weight is 326 g/mol. The molecule has 5 nitrogen and oxygen atoms in total. The van der Waals surface area contributed by atoms with Gasteiger partial charge >= 0.3 is 0 Å². The van der Waals surface area contributed by atoms with E-state index in [1.54, 1.807) is 32.9 Å². The minimum Gasteiger partial charge on any atom is -0.389 e. The van der Waals surface area contributed by atoms with Gasteiger partial charge in [0, 0.05) is 32.4 Å². The summed E-state index contributed by atoms with van der Waals surface area (Å²) in [5, 5.41) is 9.95. The van der Waals surface area contributed by atoms with Crippen LogP contribution in [-0.4, -0.2) is 50.1 Å². The molecule has 0 aliphatic carbocycles. The number of aliphatic hydroxyl groups is 1. The van der Waals surface area contributed by atoms with Gasteiger partial charge in [-0.3, -0.25) is 0 Å². The van der Waals surface area contributed by atoms with Gasteiger partial charge in [-0.2, -0.15) is 4.31 Å². The molecule has 0 atom stereocenters. The van der Waals surface area contributed by atoms with Crippen LogP contribution in [0.25, 0.3) is 0 Å². The number of rotatable bonds is 5. The van der Waals surface area contributed by atoms with E-state index >= 15 is 0 Å². The molecule has 0 bridgehead atoms. The summed E-state index contributed by atoms with van der Waals surface area (Å²) in [6.45, 7) is 6.38. The molecule has 0 aromatic heterocycles. The van der Waals surface area contributed by atoms with Crippen LogP contribution in [0.3, 0.4) is 0 Å². The van der Waals surface area contributed by atoms with E-state index in [0.29, 0.717) is 11.4 Å². The van der Waals surface area contributed by atoms with Crippen molar-refractivity contribution in [3.63, 3.8) is 0 Å².